The number of ether oxygens (including phenoxy) is 1. The summed E-state index contributed by atoms with van der Waals surface area (Å²) >= 11 is 0. The second-order valence-corrected chi connectivity index (χ2v) is 2.38. The average molecular weight is 182 g/mol. The highest BCUT2D eigenvalue weighted by Crippen LogP contribution is 2.00. The summed E-state index contributed by atoms with van der Waals surface area (Å²) < 4.78 is 4.70. The minimum Gasteiger partial charge on any atom is -0.462 e. The Hall–Kier alpha value is -1.38. The molecule has 72 valence electrons. The molecule has 0 spiro atoms. The largest absolute Gasteiger partial charge is 0.462 e. The van der Waals surface area contributed by atoms with Crippen molar-refractivity contribution in [3.05, 3.63) is 23.8 Å². The Kier molecular flexibility index (Phi) is 5.52. The molecule has 0 aliphatic heterocycles. The van der Waals surface area contributed by atoms with E-state index in [1.54, 1.807) is 26.0 Å². The highest BCUT2D eigenvalue weighted by molar-refractivity contribution is 6.16. The van der Waals surface area contributed by atoms with E-state index in [-0.39, 0.29) is 18.0 Å². The number of carbonyl (C=O) groups excluding carboxylic acids is 2. The first-order chi connectivity index (χ1) is 6.13. The van der Waals surface area contributed by atoms with Gasteiger partial charge in [0.15, 0.2) is 5.78 Å². The third-order valence-corrected chi connectivity index (χ3v) is 1.33. The van der Waals surface area contributed by atoms with E-state index in [1.807, 2.05) is 0 Å². The highest BCUT2D eigenvalue weighted by atomic mass is 16.5. The summed E-state index contributed by atoms with van der Waals surface area (Å²) in [5, 5.41) is 0. The minimum atomic E-state index is -0.562. The zero-order valence-corrected chi connectivity index (χ0v) is 8.16. The van der Waals surface area contributed by atoms with Crippen LogP contribution in [0.2, 0.25) is 0 Å². The maximum atomic E-state index is 11.1. The number of hydrogen-bond donors (Lipinski definition) is 0. The summed E-state index contributed by atoms with van der Waals surface area (Å²) in [4.78, 5) is 22.1. The molecule has 0 aliphatic carbocycles. The molecule has 0 N–H and O–H groups in total. The number of carbonyl (C=O) groups is 2. The molecular weight excluding hydrogens is 168 g/mol. The van der Waals surface area contributed by atoms with Crippen LogP contribution in [0.4, 0.5) is 0 Å². The summed E-state index contributed by atoms with van der Waals surface area (Å²) in [5.74, 6) is -0.843. The molecule has 0 aromatic rings. The maximum absolute atomic E-state index is 11.1. The van der Waals surface area contributed by atoms with Crippen LogP contribution in [0.1, 0.15) is 20.8 Å². The van der Waals surface area contributed by atoms with Crippen LogP contribution in [0, 0.1) is 0 Å². The van der Waals surface area contributed by atoms with Gasteiger partial charge in [0.05, 0.1) is 6.61 Å². The number of esters is 1. The first-order valence-corrected chi connectivity index (χ1v) is 4.14. The molecule has 0 saturated heterocycles. The Balaban J connectivity index is 4.61. The molecule has 0 fully saturated rings. The van der Waals surface area contributed by atoms with Crippen molar-refractivity contribution < 1.29 is 14.3 Å². The lowest BCUT2D eigenvalue weighted by atomic mass is 10.2. The molecular formula is C10H14O3. The summed E-state index contributed by atoms with van der Waals surface area (Å²) in [6.45, 7) is 5.12. The van der Waals surface area contributed by atoms with Crippen LogP contribution in [-0.4, -0.2) is 18.4 Å². The molecule has 0 aliphatic rings. The van der Waals surface area contributed by atoms with Gasteiger partial charge in [-0.3, -0.25) is 4.79 Å². The van der Waals surface area contributed by atoms with E-state index in [0.717, 1.165) is 0 Å². The van der Waals surface area contributed by atoms with Gasteiger partial charge in [0, 0.05) is 0 Å². The van der Waals surface area contributed by atoms with Crippen molar-refractivity contribution >= 4 is 11.8 Å². The molecule has 3 nitrogen and oxygen atoms in total. The second kappa shape index (κ2) is 6.17. The SMILES string of the molecule is C/C=C/C=C(/C(C)=O)C(=O)OCC. The van der Waals surface area contributed by atoms with Gasteiger partial charge in [0.1, 0.15) is 5.57 Å². The van der Waals surface area contributed by atoms with E-state index in [2.05, 4.69) is 0 Å². The van der Waals surface area contributed by atoms with E-state index >= 15 is 0 Å². The molecule has 13 heavy (non-hydrogen) atoms. The Morgan fingerprint density at radius 3 is 2.38 bits per heavy atom. The lowest BCUT2D eigenvalue weighted by Crippen LogP contribution is -2.13. The fourth-order valence-corrected chi connectivity index (χ4v) is 0.730. The minimum absolute atomic E-state index is 0.0833. The lowest BCUT2D eigenvalue weighted by molar-refractivity contribution is -0.139. The quantitative estimate of drug-likeness (QED) is 0.218. The summed E-state index contributed by atoms with van der Waals surface area (Å²) in [6.07, 6.45) is 4.83. The molecule has 0 radical (unpaired) electrons. The normalized spacial score (nSPS) is 11.8. The summed E-state index contributed by atoms with van der Waals surface area (Å²) in [6, 6.07) is 0. The van der Waals surface area contributed by atoms with Gasteiger partial charge in [0.2, 0.25) is 0 Å². The Morgan fingerprint density at radius 1 is 1.38 bits per heavy atom. The molecule has 0 unspecified atom stereocenters. The molecule has 0 bridgehead atoms. The predicted molar refractivity (Wildman–Crippen MR) is 50.2 cm³/mol. The van der Waals surface area contributed by atoms with E-state index in [9.17, 15) is 9.59 Å². The molecule has 3 heteroatoms. The van der Waals surface area contributed by atoms with Crippen molar-refractivity contribution in [3.63, 3.8) is 0 Å². The van der Waals surface area contributed by atoms with E-state index in [4.69, 9.17) is 4.74 Å². The topological polar surface area (TPSA) is 43.4 Å². The van der Waals surface area contributed by atoms with Gasteiger partial charge < -0.3 is 4.74 Å². The van der Waals surface area contributed by atoms with Crippen LogP contribution < -0.4 is 0 Å². The number of ketones is 1. The van der Waals surface area contributed by atoms with Gasteiger partial charge in [-0.05, 0) is 26.8 Å². The first-order valence-electron chi connectivity index (χ1n) is 4.14. The highest BCUT2D eigenvalue weighted by Gasteiger charge is 2.13. The van der Waals surface area contributed by atoms with Crippen LogP contribution >= 0.6 is 0 Å². The van der Waals surface area contributed by atoms with Gasteiger partial charge >= 0.3 is 5.97 Å². The van der Waals surface area contributed by atoms with Crippen LogP contribution in [0.25, 0.3) is 0 Å². The Morgan fingerprint density at radius 2 is 2.00 bits per heavy atom. The molecule has 0 saturated carbocycles. The molecule has 0 aromatic carbocycles. The summed E-state index contributed by atoms with van der Waals surface area (Å²) in [7, 11) is 0. The number of rotatable bonds is 4. The molecule has 0 rings (SSSR count). The molecule has 0 heterocycles. The van der Waals surface area contributed by atoms with Crippen molar-refractivity contribution in [2.24, 2.45) is 0 Å². The van der Waals surface area contributed by atoms with Gasteiger partial charge in [-0.2, -0.15) is 0 Å². The predicted octanol–water partition coefficient (Wildman–Crippen LogP) is 1.64. The fourth-order valence-electron chi connectivity index (χ4n) is 0.730. The fraction of sp³-hybridized carbons (Fsp3) is 0.400. The average Bonchev–Trinajstić information content (AvgIpc) is 2.05. The van der Waals surface area contributed by atoms with Gasteiger partial charge in [-0.1, -0.05) is 12.2 Å². The Labute approximate surface area is 78.1 Å². The van der Waals surface area contributed by atoms with Crippen molar-refractivity contribution in [1.29, 1.82) is 0 Å². The third-order valence-electron chi connectivity index (χ3n) is 1.33. The number of Topliss-reactive ketones (excluding diaryl/α,β-unsaturated/α-hetero) is 1. The zero-order chi connectivity index (χ0) is 10.3. The standard InChI is InChI=1S/C10H14O3/c1-4-6-7-9(8(3)11)10(12)13-5-2/h4,6-7H,5H2,1-3H3/b6-4+,9-7-. The Bertz CT molecular complexity index is 249. The van der Waals surface area contributed by atoms with E-state index in [1.165, 1.54) is 13.0 Å². The van der Waals surface area contributed by atoms with Crippen LogP contribution in [0.3, 0.4) is 0 Å². The lowest BCUT2D eigenvalue weighted by Gasteiger charge is -2.01. The van der Waals surface area contributed by atoms with Gasteiger partial charge in [-0.25, -0.2) is 4.79 Å². The third kappa shape index (κ3) is 4.25. The van der Waals surface area contributed by atoms with Crippen molar-refractivity contribution in [1.82, 2.24) is 0 Å². The smallest absolute Gasteiger partial charge is 0.341 e. The molecule has 0 amide bonds. The van der Waals surface area contributed by atoms with Gasteiger partial charge in [0.25, 0.3) is 0 Å². The monoisotopic (exact) mass is 182 g/mol. The number of allylic oxidation sites excluding steroid dienone is 3. The van der Waals surface area contributed by atoms with E-state index in [0.29, 0.717) is 0 Å². The molecule has 0 atom stereocenters. The van der Waals surface area contributed by atoms with Crippen molar-refractivity contribution in [2.75, 3.05) is 6.61 Å². The summed E-state index contributed by atoms with van der Waals surface area (Å²) in [5.41, 5.74) is 0.0833. The zero-order valence-electron chi connectivity index (χ0n) is 8.16. The maximum Gasteiger partial charge on any atom is 0.341 e. The van der Waals surface area contributed by atoms with Crippen molar-refractivity contribution in [3.8, 4) is 0 Å². The second-order valence-electron chi connectivity index (χ2n) is 2.38. The van der Waals surface area contributed by atoms with Crippen LogP contribution in [0.5, 0.6) is 0 Å². The number of hydrogen-bond acceptors (Lipinski definition) is 3. The van der Waals surface area contributed by atoms with Gasteiger partial charge in [-0.15, -0.1) is 0 Å². The van der Waals surface area contributed by atoms with E-state index < -0.39 is 5.97 Å². The van der Waals surface area contributed by atoms with Crippen LogP contribution in [0.15, 0.2) is 23.8 Å². The van der Waals surface area contributed by atoms with Crippen molar-refractivity contribution in [2.45, 2.75) is 20.8 Å². The molecule has 0 aromatic heterocycles. The van der Waals surface area contributed by atoms with Crippen LogP contribution in [-0.2, 0) is 14.3 Å². The first kappa shape index (κ1) is 11.6.